The molecule has 0 spiro atoms. The highest BCUT2D eigenvalue weighted by molar-refractivity contribution is 6.13. The largest absolute Gasteiger partial charge is 0.309 e. The van der Waals surface area contributed by atoms with Gasteiger partial charge in [-0.3, -0.25) is 0 Å². The van der Waals surface area contributed by atoms with E-state index in [1.807, 2.05) is 30.3 Å². The molecule has 276 valence electrons. The normalized spacial score (nSPS) is 12.1. The molecule has 0 radical (unpaired) electrons. The maximum Gasteiger partial charge on any atom is 0.0973 e. The fourth-order valence-electron chi connectivity index (χ4n) is 8.72. The van der Waals surface area contributed by atoms with Crippen molar-refractivity contribution in [1.82, 2.24) is 19.1 Å². The first kappa shape index (κ1) is 34.0. The van der Waals surface area contributed by atoms with E-state index in [1.54, 1.807) is 0 Å². The lowest BCUT2D eigenvalue weighted by atomic mass is 9.86. The van der Waals surface area contributed by atoms with Crippen LogP contribution in [0.1, 0.15) is 26.3 Å². The van der Waals surface area contributed by atoms with Gasteiger partial charge >= 0.3 is 0 Å². The molecule has 0 saturated heterocycles. The fourth-order valence-corrected chi connectivity index (χ4v) is 8.72. The molecule has 11 aromatic rings. The number of benzene rings is 8. The van der Waals surface area contributed by atoms with Crippen LogP contribution in [0.15, 0.2) is 188 Å². The Balaban J connectivity index is 1.07. The van der Waals surface area contributed by atoms with E-state index in [0.29, 0.717) is 0 Å². The molecule has 0 saturated carbocycles. The molecule has 0 atom stereocenters. The second kappa shape index (κ2) is 13.1. The van der Waals surface area contributed by atoms with Crippen LogP contribution in [0.4, 0.5) is 0 Å². The van der Waals surface area contributed by atoms with Crippen LogP contribution in [0.3, 0.4) is 0 Å². The Bertz CT molecular complexity index is 3350. The highest BCUT2D eigenvalue weighted by Gasteiger charge is 2.20. The summed E-state index contributed by atoms with van der Waals surface area (Å²) in [5.41, 5.74) is 16.4. The summed E-state index contributed by atoms with van der Waals surface area (Å²) in [5.74, 6) is 0. The van der Waals surface area contributed by atoms with Crippen molar-refractivity contribution in [2.24, 2.45) is 0 Å². The number of hydrogen-bond donors (Lipinski definition) is 0. The van der Waals surface area contributed by atoms with Crippen LogP contribution in [0.5, 0.6) is 0 Å². The lowest BCUT2D eigenvalue weighted by molar-refractivity contribution is 0.591. The van der Waals surface area contributed by atoms with Crippen LogP contribution in [-0.4, -0.2) is 19.1 Å². The lowest BCUT2D eigenvalue weighted by Gasteiger charge is -2.19. The van der Waals surface area contributed by atoms with E-state index in [0.717, 1.165) is 39.2 Å². The highest BCUT2D eigenvalue weighted by Crippen LogP contribution is 2.40. The van der Waals surface area contributed by atoms with Gasteiger partial charge < -0.3 is 9.13 Å². The van der Waals surface area contributed by atoms with E-state index in [4.69, 9.17) is 9.97 Å². The molecule has 0 bridgehead atoms. The van der Waals surface area contributed by atoms with Crippen LogP contribution in [0, 0.1) is 0 Å². The van der Waals surface area contributed by atoms with Gasteiger partial charge in [0.1, 0.15) is 0 Å². The van der Waals surface area contributed by atoms with Crippen LogP contribution >= 0.6 is 0 Å². The number of para-hydroxylation sites is 4. The summed E-state index contributed by atoms with van der Waals surface area (Å²) in [4.78, 5) is 10.3. The van der Waals surface area contributed by atoms with Crippen LogP contribution in [0.25, 0.3) is 99.7 Å². The summed E-state index contributed by atoms with van der Waals surface area (Å²) in [6, 6.07) is 67.6. The summed E-state index contributed by atoms with van der Waals surface area (Å²) in [5, 5.41) is 4.99. The maximum absolute atomic E-state index is 5.17. The molecule has 0 amide bonds. The SMILES string of the molecule is CC(C)(C)c1ccc2c(c1)c1cc(-c3ccc4c(c3)c3ccccc3n4-c3ccccc3)ccc1n2-c1ccc(-c2nc3ccccc3nc2-c2ccccc2)cc1. The first-order chi connectivity index (χ1) is 28.4. The van der Waals surface area contributed by atoms with Crippen molar-refractivity contribution in [1.29, 1.82) is 0 Å². The van der Waals surface area contributed by atoms with Crippen molar-refractivity contribution >= 4 is 54.6 Å². The Morgan fingerprint density at radius 2 is 0.776 bits per heavy atom. The summed E-state index contributed by atoms with van der Waals surface area (Å²) in [6.45, 7) is 6.87. The number of rotatable bonds is 5. The molecule has 0 fully saturated rings. The molecular formula is C54H40N4. The molecule has 58 heavy (non-hydrogen) atoms. The van der Waals surface area contributed by atoms with Crippen LogP contribution in [-0.2, 0) is 5.41 Å². The van der Waals surface area contributed by atoms with Crippen LogP contribution in [0.2, 0.25) is 0 Å². The first-order valence-electron chi connectivity index (χ1n) is 20.0. The Hall–Kier alpha value is -7.30. The predicted octanol–water partition coefficient (Wildman–Crippen LogP) is 14.1. The third kappa shape index (κ3) is 5.52. The molecule has 11 rings (SSSR count). The monoisotopic (exact) mass is 744 g/mol. The molecule has 0 aliphatic rings. The Morgan fingerprint density at radius 3 is 1.38 bits per heavy atom. The van der Waals surface area contributed by atoms with E-state index in [2.05, 4.69) is 188 Å². The molecule has 0 aliphatic carbocycles. The topological polar surface area (TPSA) is 35.6 Å². The third-order valence-corrected chi connectivity index (χ3v) is 11.7. The molecule has 0 N–H and O–H groups in total. The zero-order chi connectivity index (χ0) is 39.0. The van der Waals surface area contributed by atoms with Gasteiger partial charge in [-0.2, -0.15) is 0 Å². The van der Waals surface area contributed by atoms with Crippen molar-refractivity contribution in [3.05, 3.63) is 194 Å². The van der Waals surface area contributed by atoms with Crippen molar-refractivity contribution in [2.75, 3.05) is 0 Å². The van der Waals surface area contributed by atoms with Gasteiger partial charge in [-0.15, -0.1) is 0 Å². The molecule has 3 heterocycles. The van der Waals surface area contributed by atoms with Gasteiger partial charge in [0.15, 0.2) is 0 Å². The number of aromatic nitrogens is 4. The van der Waals surface area contributed by atoms with Crippen molar-refractivity contribution < 1.29 is 0 Å². The van der Waals surface area contributed by atoms with Crippen LogP contribution < -0.4 is 0 Å². The van der Waals surface area contributed by atoms with Crippen molar-refractivity contribution in [2.45, 2.75) is 26.2 Å². The zero-order valence-corrected chi connectivity index (χ0v) is 32.7. The fraction of sp³-hybridized carbons (Fsp3) is 0.0741. The minimum atomic E-state index is 0.0111. The van der Waals surface area contributed by atoms with E-state index in [9.17, 15) is 0 Å². The highest BCUT2D eigenvalue weighted by atomic mass is 15.0. The molecule has 0 unspecified atom stereocenters. The second-order valence-corrected chi connectivity index (χ2v) is 16.3. The zero-order valence-electron chi connectivity index (χ0n) is 32.7. The van der Waals surface area contributed by atoms with E-state index >= 15 is 0 Å². The third-order valence-electron chi connectivity index (χ3n) is 11.7. The molecule has 8 aromatic carbocycles. The lowest BCUT2D eigenvalue weighted by Crippen LogP contribution is -2.10. The Labute approximate surface area is 337 Å². The number of hydrogen-bond acceptors (Lipinski definition) is 2. The summed E-state index contributed by atoms with van der Waals surface area (Å²) < 4.78 is 4.78. The molecule has 0 aliphatic heterocycles. The van der Waals surface area contributed by atoms with Gasteiger partial charge in [-0.05, 0) is 101 Å². The van der Waals surface area contributed by atoms with Crippen molar-refractivity contribution in [3.63, 3.8) is 0 Å². The number of fused-ring (bicyclic) bond motifs is 7. The molecular weight excluding hydrogens is 705 g/mol. The molecule has 3 aromatic heterocycles. The summed E-state index contributed by atoms with van der Waals surface area (Å²) >= 11 is 0. The van der Waals surface area contributed by atoms with E-state index < -0.39 is 0 Å². The number of nitrogens with zero attached hydrogens (tertiary/aromatic N) is 4. The second-order valence-electron chi connectivity index (χ2n) is 16.3. The minimum Gasteiger partial charge on any atom is -0.309 e. The average molecular weight is 745 g/mol. The first-order valence-corrected chi connectivity index (χ1v) is 20.0. The summed E-state index contributed by atoms with van der Waals surface area (Å²) in [6.07, 6.45) is 0. The van der Waals surface area contributed by atoms with E-state index in [-0.39, 0.29) is 5.41 Å². The maximum atomic E-state index is 5.17. The summed E-state index contributed by atoms with van der Waals surface area (Å²) in [7, 11) is 0. The smallest absolute Gasteiger partial charge is 0.0973 e. The Kier molecular flexibility index (Phi) is 7.70. The van der Waals surface area contributed by atoms with Crippen molar-refractivity contribution in [3.8, 4) is 45.0 Å². The predicted molar refractivity (Wildman–Crippen MR) is 243 cm³/mol. The molecule has 4 heteroatoms. The van der Waals surface area contributed by atoms with E-state index in [1.165, 1.54) is 66.0 Å². The minimum absolute atomic E-state index is 0.0111. The Morgan fingerprint density at radius 1 is 0.345 bits per heavy atom. The molecule has 4 nitrogen and oxygen atoms in total. The van der Waals surface area contributed by atoms with Gasteiger partial charge in [-0.1, -0.05) is 130 Å². The van der Waals surface area contributed by atoms with Gasteiger partial charge in [0.25, 0.3) is 0 Å². The standard InChI is InChI=1S/C54H40N4/c1-54(2,3)39-26-31-51-45(34-39)44-33-38(37-24-29-49-43(32-37)42-18-10-13-21-48(42)57(49)40-16-8-5-9-17-40)25-30-50(44)58(51)41-27-22-36(23-28-41)53-52(35-14-6-4-7-15-35)55-46-19-11-12-20-47(46)56-53/h4-34H,1-3H3. The quantitative estimate of drug-likeness (QED) is 0.176. The van der Waals surface area contributed by atoms with Gasteiger partial charge in [0, 0.05) is 44.0 Å². The van der Waals surface area contributed by atoms with Gasteiger partial charge in [0.2, 0.25) is 0 Å². The van der Waals surface area contributed by atoms with Gasteiger partial charge in [0.05, 0.1) is 44.5 Å². The van der Waals surface area contributed by atoms with Gasteiger partial charge in [-0.25, -0.2) is 9.97 Å². The average Bonchev–Trinajstić information content (AvgIpc) is 3.78.